The second-order valence-corrected chi connectivity index (χ2v) is 5.61. The van der Waals surface area contributed by atoms with Crippen LogP contribution in [-0.2, 0) is 11.2 Å². The van der Waals surface area contributed by atoms with Crippen LogP contribution in [0.15, 0.2) is 54.7 Å². The molecule has 122 valence electrons. The highest BCUT2D eigenvalue weighted by Crippen LogP contribution is 2.22. The van der Waals surface area contributed by atoms with Crippen LogP contribution in [0.5, 0.6) is 0 Å². The Hall–Kier alpha value is -3.12. The number of amides is 2. The third-order valence-corrected chi connectivity index (χ3v) is 3.85. The number of nitrogens with one attached hydrogen (secondary N) is 2. The molecule has 0 saturated heterocycles. The van der Waals surface area contributed by atoms with Gasteiger partial charge < -0.3 is 21.8 Å². The molecule has 1 aromatic heterocycles. The molecule has 0 spiro atoms. The van der Waals surface area contributed by atoms with E-state index in [0.29, 0.717) is 23.1 Å². The Kier molecular flexibility index (Phi) is 4.31. The summed E-state index contributed by atoms with van der Waals surface area (Å²) < 4.78 is 0. The minimum Gasteiger partial charge on any atom is -0.366 e. The number of hydrogen-bond donors (Lipinski definition) is 4. The van der Waals surface area contributed by atoms with Gasteiger partial charge in [0, 0.05) is 22.8 Å². The molecule has 0 fully saturated rings. The fourth-order valence-electron chi connectivity index (χ4n) is 2.60. The van der Waals surface area contributed by atoms with Crippen molar-refractivity contribution < 1.29 is 9.59 Å². The van der Waals surface area contributed by atoms with Gasteiger partial charge in [0.1, 0.15) is 0 Å². The minimum atomic E-state index is -0.662. The van der Waals surface area contributed by atoms with E-state index < -0.39 is 11.9 Å². The van der Waals surface area contributed by atoms with E-state index in [-0.39, 0.29) is 5.91 Å². The lowest BCUT2D eigenvalue weighted by Crippen LogP contribution is -2.37. The monoisotopic (exact) mass is 322 g/mol. The summed E-state index contributed by atoms with van der Waals surface area (Å²) in [6, 6.07) is 14.2. The number of aromatic amines is 1. The molecule has 0 aliphatic carbocycles. The number of anilines is 1. The van der Waals surface area contributed by atoms with E-state index >= 15 is 0 Å². The van der Waals surface area contributed by atoms with E-state index in [2.05, 4.69) is 10.3 Å². The number of aromatic nitrogens is 1. The Labute approximate surface area is 138 Å². The first-order chi connectivity index (χ1) is 11.5. The predicted molar refractivity (Wildman–Crippen MR) is 93.6 cm³/mol. The van der Waals surface area contributed by atoms with Crippen molar-refractivity contribution in [3.05, 3.63) is 65.9 Å². The molecule has 3 aromatic rings. The molecule has 24 heavy (non-hydrogen) atoms. The summed E-state index contributed by atoms with van der Waals surface area (Å²) in [5.41, 5.74) is 14.0. The van der Waals surface area contributed by atoms with Gasteiger partial charge >= 0.3 is 0 Å². The first kappa shape index (κ1) is 15.8. The molecule has 6 N–H and O–H groups in total. The van der Waals surface area contributed by atoms with Crippen molar-refractivity contribution in [1.29, 1.82) is 0 Å². The molecule has 1 atom stereocenters. The van der Waals surface area contributed by atoms with Crippen LogP contribution in [0, 0.1) is 0 Å². The van der Waals surface area contributed by atoms with Crippen molar-refractivity contribution in [1.82, 2.24) is 4.98 Å². The summed E-state index contributed by atoms with van der Waals surface area (Å²) in [4.78, 5) is 26.7. The number of H-pyrrole nitrogens is 1. The lowest BCUT2D eigenvalue weighted by molar-refractivity contribution is -0.117. The second kappa shape index (κ2) is 6.55. The van der Waals surface area contributed by atoms with E-state index in [1.807, 2.05) is 30.3 Å². The van der Waals surface area contributed by atoms with Crippen LogP contribution in [0.4, 0.5) is 5.69 Å². The van der Waals surface area contributed by atoms with Crippen LogP contribution < -0.4 is 16.8 Å². The number of primary amides is 1. The molecule has 2 aromatic carbocycles. The van der Waals surface area contributed by atoms with Crippen LogP contribution in [0.25, 0.3) is 10.9 Å². The van der Waals surface area contributed by atoms with Crippen LogP contribution in [0.3, 0.4) is 0 Å². The smallest absolute Gasteiger partial charge is 0.250 e. The number of fused-ring (bicyclic) bond motifs is 1. The van der Waals surface area contributed by atoms with E-state index in [4.69, 9.17) is 11.5 Å². The van der Waals surface area contributed by atoms with Gasteiger partial charge in [0.25, 0.3) is 5.91 Å². The highest BCUT2D eigenvalue weighted by atomic mass is 16.2. The minimum absolute atomic E-state index is 0.283. The number of nitrogens with two attached hydrogens (primary N) is 2. The van der Waals surface area contributed by atoms with Crippen molar-refractivity contribution in [3.8, 4) is 0 Å². The quantitative estimate of drug-likeness (QED) is 0.574. The SMILES string of the molecule is NC(=O)c1c[nH]c2ccc(NC(=O)C(N)Cc3ccccc3)cc12. The van der Waals surface area contributed by atoms with Crippen molar-refractivity contribution in [2.45, 2.75) is 12.5 Å². The number of rotatable bonds is 5. The first-order valence-corrected chi connectivity index (χ1v) is 7.56. The van der Waals surface area contributed by atoms with Crippen molar-refractivity contribution in [2.24, 2.45) is 11.5 Å². The van der Waals surface area contributed by atoms with E-state index in [1.165, 1.54) is 0 Å². The maximum atomic E-state index is 12.3. The van der Waals surface area contributed by atoms with Gasteiger partial charge in [0.05, 0.1) is 11.6 Å². The summed E-state index contributed by atoms with van der Waals surface area (Å²) in [6.45, 7) is 0. The van der Waals surface area contributed by atoms with Gasteiger partial charge in [-0.2, -0.15) is 0 Å². The Morgan fingerprint density at radius 3 is 2.58 bits per heavy atom. The van der Waals surface area contributed by atoms with Crippen molar-refractivity contribution in [2.75, 3.05) is 5.32 Å². The molecule has 0 saturated carbocycles. The molecule has 1 unspecified atom stereocenters. The largest absolute Gasteiger partial charge is 0.366 e. The van der Waals surface area contributed by atoms with Crippen LogP contribution >= 0.6 is 0 Å². The average Bonchev–Trinajstić information content (AvgIpc) is 2.99. The highest BCUT2D eigenvalue weighted by Gasteiger charge is 2.15. The summed E-state index contributed by atoms with van der Waals surface area (Å²) >= 11 is 0. The number of carbonyl (C=O) groups is 2. The number of hydrogen-bond acceptors (Lipinski definition) is 3. The molecule has 6 nitrogen and oxygen atoms in total. The zero-order valence-corrected chi connectivity index (χ0v) is 13.0. The lowest BCUT2D eigenvalue weighted by Gasteiger charge is -2.12. The Bertz CT molecular complexity index is 886. The van der Waals surface area contributed by atoms with Crippen molar-refractivity contribution in [3.63, 3.8) is 0 Å². The number of benzene rings is 2. The average molecular weight is 322 g/mol. The van der Waals surface area contributed by atoms with Gasteiger partial charge in [0.2, 0.25) is 5.91 Å². The van der Waals surface area contributed by atoms with Crippen molar-refractivity contribution >= 4 is 28.4 Å². The maximum absolute atomic E-state index is 12.3. The number of carbonyl (C=O) groups excluding carboxylic acids is 2. The summed E-state index contributed by atoms with van der Waals surface area (Å²) in [5, 5.41) is 3.44. The Balaban J connectivity index is 1.75. The normalized spacial score (nSPS) is 12.0. The van der Waals surface area contributed by atoms with E-state index in [9.17, 15) is 9.59 Å². The zero-order chi connectivity index (χ0) is 17.1. The molecule has 0 aliphatic heterocycles. The second-order valence-electron chi connectivity index (χ2n) is 5.61. The Morgan fingerprint density at radius 2 is 1.88 bits per heavy atom. The van der Waals surface area contributed by atoms with Gasteiger partial charge in [-0.25, -0.2) is 0 Å². The third-order valence-electron chi connectivity index (χ3n) is 3.85. The molecule has 0 bridgehead atoms. The van der Waals surface area contributed by atoms with Crippen LogP contribution in [0.1, 0.15) is 15.9 Å². The molecular formula is C18H18N4O2. The zero-order valence-electron chi connectivity index (χ0n) is 13.0. The fourth-order valence-corrected chi connectivity index (χ4v) is 2.60. The fraction of sp³-hybridized carbons (Fsp3) is 0.111. The predicted octanol–water partition coefficient (Wildman–Crippen LogP) is 1.78. The molecular weight excluding hydrogens is 304 g/mol. The highest BCUT2D eigenvalue weighted by molar-refractivity contribution is 6.07. The van der Waals surface area contributed by atoms with Gasteiger partial charge in [-0.05, 0) is 30.2 Å². The molecule has 0 radical (unpaired) electrons. The third kappa shape index (κ3) is 3.28. The maximum Gasteiger partial charge on any atom is 0.250 e. The Morgan fingerprint density at radius 1 is 1.12 bits per heavy atom. The molecule has 1 heterocycles. The van der Waals surface area contributed by atoms with Gasteiger partial charge in [-0.3, -0.25) is 9.59 Å². The van der Waals surface area contributed by atoms with E-state index in [1.54, 1.807) is 24.4 Å². The topological polar surface area (TPSA) is 114 Å². The van der Waals surface area contributed by atoms with Gasteiger partial charge in [-0.1, -0.05) is 30.3 Å². The summed E-state index contributed by atoms with van der Waals surface area (Å²) in [7, 11) is 0. The summed E-state index contributed by atoms with van der Waals surface area (Å²) in [5.74, 6) is -0.806. The first-order valence-electron chi connectivity index (χ1n) is 7.56. The van der Waals surface area contributed by atoms with Crippen LogP contribution in [0.2, 0.25) is 0 Å². The molecule has 0 aliphatic rings. The lowest BCUT2D eigenvalue weighted by atomic mass is 10.1. The standard InChI is InChI=1S/C18H18N4O2/c19-15(8-11-4-2-1-3-5-11)18(24)22-12-6-7-16-13(9-12)14(10-21-16)17(20)23/h1-7,9-10,15,21H,8,19H2,(H2,20,23)(H,22,24). The molecule has 6 heteroatoms. The summed E-state index contributed by atoms with van der Waals surface area (Å²) in [6.07, 6.45) is 2.01. The molecule has 3 rings (SSSR count). The van der Waals surface area contributed by atoms with E-state index in [0.717, 1.165) is 11.1 Å². The van der Waals surface area contributed by atoms with Crippen LogP contribution in [-0.4, -0.2) is 22.8 Å². The van der Waals surface area contributed by atoms with Gasteiger partial charge in [0.15, 0.2) is 0 Å². The van der Waals surface area contributed by atoms with Gasteiger partial charge in [-0.15, -0.1) is 0 Å². The molecule has 2 amide bonds.